The van der Waals surface area contributed by atoms with Gasteiger partial charge in [0.05, 0.1) is 35.8 Å². The number of hydrogen-bond donors (Lipinski definition) is 3. The van der Waals surface area contributed by atoms with Crippen molar-refractivity contribution < 1.29 is 47.3 Å². The van der Waals surface area contributed by atoms with Crippen LogP contribution in [0.2, 0.25) is 5.02 Å². The summed E-state index contributed by atoms with van der Waals surface area (Å²) in [6, 6.07) is 13.2. The first-order valence-corrected chi connectivity index (χ1v) is 22.5. The number of carbonyl (C=O) groups excluding carboxylic acids is 4. The Kier molecular flexibility index (Phi) is 16.7. The Labute approximate surface area is 398 Å². The molecule has 67 heavy (non-hydrogen) atoms. The van der Waals surface area contributed by atoms with Gasteiger partial charge in [-0.2, -0.15) is 5.26 Å². The number of oxazole rings is 1. The fourth-order valence-electron chi connectivity index (χ4n) is 7.63. The van der Waals surface area contributed by atoms with E-state index in [1.54, 1.807) is 31.0 Å². The van der Waals surface area contributed by atoms with Crippen molar-refractivity contribution in [2.45, 2.75) is 90.6 Å². The van der Waals surface area contributed by atoms with Crippen LogP contribution in [0.25, 0.3) is 11.3 Å². The maximum atomic E-state index is 15.3. The van der Waals surface area contributed by atoms with Gasteiger partial charge in [-0.15, -0.1) is 0 Å². The highest BCUT2D eigenvalue weighted by Gasteiger charge is 2.51. The van der Waals surface area contributed by atoms with Gasteiger partial charge in [0.1, 0.15) is 30.3 Å². The summed E-state index contributed by atoms with van der Waals surface area (Å²) in [5.41, 5.74) is 0.421. The van der Waals surface area contributed by atoms with Crippen molar-refractivity contribution in [1.82, 2.24) is 25.5 Å². The summed E-state index contributed by atoms with van der Waals surface area (Å²) in [6.07, 6.45) is 5.20. The van der Waals surface area contributed by atoms with Gasteiger partial charge in [-0.3, -0.25) is 24.1 Å². The van der Waals surface area contributed by atoms with Gasteiger partial charge in [0.25, 0.3) is 5.91 Å². The van der Waals surface area contributed by atoms with E-state index < -0.39 is 52.7 Å². The molecule has 2 saturated heterocycles. The predicted molar refractivity (Wildman–Crippen MR) is 249 cm³/mol. The van der Waals surface area contributed by atoms with Crippen LogP contribution in [-0.2, 0) is 35.2 Å². The second-order valence-corrected chi connectivity index (χ2v) is 18.5. The van der Waals surface area contributed by atoms with Crippen LogP contribution in [0, 0.1) is 22.6 Å². The third kappa shape index (κ3) is 12.3. The van der Waals surface area contributed by atoms with Crippen molar-refractivity contribution in [3.63, 3.8) is 0 Å². The van der Waals surface area contributed by atoms with Gasteiger partial charge in [0.15, 0.2) is 34.5 Å². The summed E-state index contributed by atoms with van der Waals surface area (Å²) in [4.78, 5) is 65.8. The lowest BCUT2D eigenvalue weighted by Crippen LogP contribution is -2.58. The monoisotopic (exact) mass is 960 g/mol. The molecule has 3 atom stereocenters. The fourth-order valence-corrected chi connectivity index (χ4v) is 8.35. The zero-order valence-corrected chi connectivity index (χ0v) is 39.5. The van der Waals surface area contributed by atoms with Crippen LogP contribution in [-0.4, -0.2) is 112 Å². The highest BCUT2D eigenvalue weighted by atomic mass is 35.5. The normalized spacial score (nSPS) is 17.4. The molecule has 2 aromatic carbocycles. The molecule has 0 bridgehead atoms. The van der Waals surface area contributed by atoms with Gasteiger partial charge in [0, 0.05) is 56.6 Å². The predicted octanol–water partition coefficient (Wildman–Crippen LogP) is 5.71. The van der Waals surface area contributed by atoms with Crippen molar-refractivity contribution >= 4 is 63.9 Å². The van der Waals surface area contributed by atoms with E-state index in [9.17, 15) is 29.5 Å². The van der Waals surface area contributed by atoms with Crippen LogP contribution >= 0.6 is 23.8 Å². The Balaban J connectivity index is 0.866. The van der Waals surface area contributed by atoms with Gasteiger partial charge < -0.3 is 44.2 Å². The zero-order valence-electron chi connectivity index (χ0n) is 37.9. The lowest BCUT2D eigenvalue weighted by Gasteiger charge is -2.35. The number of benzene rings is 2. The molecule has 4 heterocycles. The number of nitriles is 1. The minimum absolute atomic E-state index is 0.0111. The average molecular weight is 962 g/mol. The number of likely N-dealkylation sites (tertiary alicyclic amines) is 1. The molecule has 2 aliphatic rings. The fraction of sp³-hybridized carbons (Fsp3) is 0.447. The lowest BCUT2D eigenvalue weighted by atomic mass is 9.85. The number of amides is 4. The van der Waals surface area contributed by atoms with Crippen LogP contribution in [0.5, 0.6) is 5.75 Å². The summed E-state index contributed by atoms with van der Waals surface area (Å²) in [7, 11) is 0. The standard InChI is InChI=1S/C47H54ClFN8O9S/c1-46(2,3)41(43(61)55-26-33(58)21-37(55)42(60)53-23-29-9-11-30(12-10-29)39-25-51-28-66-39)54-40(59)27-64-17-8-16-63-15-6-7-18-65-38-14-13-31(20-35(38)49)57-45(67)56(44(62)47(57,4)5)32-19-34(48)36(22-50)52-24-32/h9-14,19-20,24-25,28,33,37,41,58H,6-8,15-18,21,23,26-27H2,1-5H3,(H,53,60)(H,54,59)/t33-,37+,41-/m1/s1. The van der Waals surface area contributed by atoms with Crippen LogP contribution < -0.4 is 25.2 Å². The zero-order chi connectivity index (χ0) is 48.5. The SMILES string of the molecule is CC(C)(C)[C@H](NC(=O)COCCCOCCCCOc1ccc(N2C(=S)N(c3cnc(C#N)c(Cl)c3)C(=O)C2(C)C)cc1F)C(=O)N1C[C@H](O)C[C@H]1C(=O)NCc1ccc(-c2cnco2)cc1. The molecule has 0 unspecified atom stereocenters. The molecule has 3 N–H and O–H groups in total. The highest BCUT2D eigenvalue weighted by Crippen LogP contribution is 2.38. The average Bonchev–Trinajstić information content (AvgIpc) is 4.01. The number of thiocarbonyl (C=S) groups is 1. The number of aliphatic hydroxyl groups is 1. The Morgan fingerprint density at radius 1 is 1.04 bits per heavy atom. The number of rotatable bonds is 20. The number of hydrogen-bond acceptors (Lipinski definition) is 13. The minimum atomic E-state index is -1.17. The molecule has 356 valence electrons. The highest BCUT2D eigenvalue weighted by molar-refractivity contribution is 7.81. The first-order valence-electron chi connectivity index (χ1n) is 21.8. The van der Waals surface area contributed by atoms with Gasteiger partial charge >= 0.3 is 0 Å². The summed E-state index contributed by atoms with van der Waals surface area (Å²) < 4.78 is 37.5. The molecule has 2 fully saturated rings. The molecule has 6 rings (SSSR count). The number of carbonyl (C=O) groups is 4. The maximum Gasteiger partial charge on any atom is 0.259 e. The Bertz CT molecular complexity index is 2460. The molecule has 20 heteroatoms. The number of anilines is 2. The van der Waals surface area contributed by atoms with Crippen LogP contribution in [0.4, 0.5) is 15.8 Å². The summed E-state index contributed by atoms with van der Waals surface area (Å²) in [6.45, 7) is 9.90. The Morgan fingerprint density at radius 2 is 1.76 bits per heavy atom. The van der Waals surface area contributed by atoms with Crippen molar-refractivity contribution in [2.24, 2.45) is 5.41 Å². The third-order valence-corrected chi connectivity index (χ3v) is 11.9. The van der Waals surface area contributed by atoms with Gasteiger partial charge in [0.2, 0.25) is 17.7 Å². The molecular weight excluding hydrogens is 907 g/mol. The second kappa shape index (κ2) is 22.2. The van der Waals surface area contributed by atoms with Crippen molar-refractivity contribution in [3.8, 4) is 23.1 Å². The lowest BCUT2D eigenvalue weighted by molar-refractivity contribution is -0.144. The maximum absolute atomic E-state index is 15.3. The summed E-state index contributed by atoms with van der Waals surface area (Å²) in [5.74, 6) is -1.72. The molecular formula is C47H54ClFN8O9S. The van der Waals surface area contributed by atoms with Crippen molar-refractivity contribution in [3.05, 3.63) is 89.4 Å². The molecule has 4 aromatic rings. The van der Waals surface area contributed by atoms with E-state index in [0.717, 1.165) is 11.1 Å². The van der Waals surface area contributed by atoms with E-state index >= 15 is 4.39 Å². The number of nitrogens with one attached hydrogen (secondary N) is 2. The Hall–Kier alpha value is -6.04. The molecule has 17 nitrogen and oxygen atoms in total. The van der Waals surface area contributed by atoms with E-state index in [0.29, 0.717) is 43.9 Å². The second-order valence-electron chi connectivity index (χ2n) is 17.7. The topological polar surface area (TPSA) is 213 Å². The molecule has 2 aliphatic heterocycles. The largest absolute Gasteiger partial charge is 0.491 e. The number of pyridine rings is 1. The van der Waals surface area contributed by atoms with Crippen LogP contribution in [0.3, 0.4) is 0 Å². The number of unbranched alkanes of at least 4 members (excludes halogenated alkanes) is 1. The number of halogens is 2. The Morgan fingerprint density at radius 3 is 2.43 bits per heavy atom. The van der Waals surface area contributed by atoms with Gasteiger partial charge in [-0.25, -0.2) is 14.4 Å². The van der Waals surface area contributed by atoms with E-state index in [-0.39, 0.29) is 72.5 Å². The number of aromatic nitrogens is 2. The van der Waals surface area contributed by atoms with Crippen LogP contribution in [0.15, 0.2) is 71.7 Å². The van der Waals surface area contributed by atoms with E-state index in [1.165, 1.54) is 40.6 Å². The summed E-state index contributed by atoms with van der Waals surface area (Å²) in [5, 5.41) is 25.5. The first-order chi connectivity index (χ1) is 31.9. The number of aliphatic hydroxyl groups excluding tert-OH is 1. The third-order valence-electron chi connectivity index (χ3n) is 11.2. The minimum Gasteiger partial charge on any atom is -0.491 e. The molecule has 0 aliphatic carbocycles. The number of ether oxygens (including phenoxy) is 3. The van der Waals surface area contributed by atoms with Crippen molar-refractivity contribution in [2.75, 3.05) is 49.4 Å². The van der Waals surface area contributed by atoms with Crippen molar-refractivity contribution in [1.29, 1.82) is 5.26 Å². The number of β-amino-alcohol motifs (C(OH)–C–C–N with tert-alkyl or cyclic N) is 1. The molecule has 4 amide bonds. The molecule has 0 radical (unpaired) electrons. The van der Waals surface area contributed by atoms with E-state index in [1.807, 2.05) is 51.1 Å². The van der Waals surface area contributed by atoms with E-state index in [2.05, 4.69) is 20.6 Å². The van der Waals surface area contributed by atoms with E-state index in [4.69, 9.17) is 42.4 Å². The quantitative estimate of drug-likeness (QED) is 0.0716. The molecule has 2 aromatic heterocycles. The molecule has 0 saturated carbocycles. The first kappa shape index (κ1) is 50.4. The molecule has 0 spiro atoms. The number of nitrogens with zero attached hydrogens (tertiary/aromatic N) is 6. The van der Waals surface area contributed by atoms with Crippen LogP contribution in [0.1, 0.15) is 71.6 Å². The van der Waals surface area contributed by atoms with Gasteiger partial charge in [-0.1, -0.05) is 56.6 Å². The smallest absolute Gasteiger partial charge is 0.259 e. The summed E-state index contributed by atoms with van der Waals surface area (Å²) >= 11 is 11.8. The van der Waals surface area contributed by atoms with Gasteiger partial charge in [-0.05, 0) is 74.5 Å².